The Morgan fingerprint density at radius 3 is 2.42 bits per heavy atom. The molecule has 184 valence electrons. The molecule has 2 aromatic heterocycles. The van der Waals surface area contributed by atoms with Crippen molar-refractivity contribution in [1.82, 2.24) is 20.1 Å². The van der Waals surface area contributed by atoms with E-state index in [4.69, 9.17) is 4.98 Å². The highest BCUT2D eigenvalue weighted by molar-refractivity contribution is 6.12. The zero-order valence-electron chi connectivity index (χ0n) is 20.5. The number of aryl methyl sites for hydroxylation is 1. The van der Waals surface area contributed by atoms with Gasteiger partial charge in [0.05, 0.1) is 30.0 Å². The number of rotatable bonds is 7. The van der Waals surface area contributed by atoms with Crippen LogP contribution in [0.2, 0.25) is 0 Å². The van der Waals surface area contributed by atoms with Crippen LogP contribution in [0.4, 0.5) is 5.69 Å². The van der Waals surface area contributed by atoms with Crippen LogP contribution in [0.15, 0.2) is 60.8 Å². The Bertz CT molecular complexity index is 1440. The minimum Gasteiger partial charge on any atom is -0.468 e. The van der Waals surface area contributed by atoms with Crippen LogP contribution in [0.1, 0.15) is 46.2 Å². The summed E-state index contributed by atoms with van der Waals surface area (Å²) < 4.78 is 6.32. The van der Waals surface area contributed by atoms with Crippen LogP contribution in [0.25, 0.3) is 22.3 Å². The van der Waals surface area contributed by atoms with Gasteiger partial charge in [0.15, 0.2) is 5.65 Å². The van der Waals surface area contributed by atoms with Crippen LogP contribution < -0.4 is 10.6 Å². The zero-order valence-corrected chi connectivity index (χ0v) is 20.5. The first kappa shape index (κ1) is 24.6. The van der Waals surface area contributed by atoms with E-state index in [9.17, 15) is 14.4 Å². The van der Waals surface area contributed by atoms with Crippen LogP contribution >= 0.6 is 0 Å². The first-order valence-electron chi connectivity index (χ1n) is 11.5. The molecule has 0 aliphatic heterocycles. The largest absolute Gasteiger partial charge is 0.468 e. The Hall–Kier alpha value is -4.53. The number of fused-ring (bicyclic) bond motifs is 1. The molecule has 4 rings (SSSR count). The van der Waals surface area contributed by atoms with E-state index in [-0.39, 0.29) is 18.5 Å². The fourth-order valence-corrected chi connectivity index (χ4v) is 3.81. The number of carbonyl (C=O) groups is 3. The zero-order chi connectivity index (χ0) is 25.8. The molecule has 9 nitrogen and oxygen atoms in total. The van der Waals surface area contributed by atoms with E-state index in [1.807, 2.05) is 45.0 Å². The number of esters is 1. The molecular formula is C27H27N5O4. The number of nitrogens with one attached hydrogen (secondary N) is 2. The molecule has 36 heavy (non-hydrogen) atoms. The summed E-state index contributed by atoms with van der Waals surface area (Å²) in [5.74, 6) is -1.27. The normalized spacial score (nSPS) is 10.9. The number of aromatic nitrogens is 3. The van der Waals surface area contributed by atoms with Gasteiger partial charge >= 0.3 is 5.97 Å². The number of benzene rings is 2. The molecule has 0 radical (unpaired) electrons. The minimum atomic E-state index is -0.540. The van der Waals surface area contributed by atoms with Crippen molar-refractivity contribution < 1.29 is 19.1 Å². The summed E-state index contributed by atoms with van der Waals surface area (Å²) in [6.45, 7) is 5.80. The monoisotopic (exact) mass is 485 g/mol. The summed E-state index contributed by atoms with van der Waals surface area (Å²) in [6.07, 6.45) is 1.66. The molecule has 2 N–H and O–H groups in total. The molecule has 0 saturated carbocycles. The lowest BCUT2D eigenvalue weighted by molar-refractivity contribution is -0.139. The van der Waals surface area contributed by atoms with Crippen LogP contribution in [0, 0.1) is 6.92 Å². The minimum absolute atomic E-state index is 0.0657. The quantitative estimate of drug-likeness (QED) is 0.380. The third-order valence-corrected chi connectivity index (χ3v) is 5.75. The van der Waals surface area contributed by atoms with Crippen molar-refractivity contribution in [2.45, 2.75) is 26.8 Å². The van der Waals surface area contributed by atoms with Gasteiger partial charge in [-0.1, -0.05) is 24.3 Å². The van der Waals surface area contributed by atoms with Crippen LogP contribution in [-0.4, -0.2) is 46.2 Å². The first-order chi connectivity index (χ1) is 17.3. The molecule has 4 aromatic rings. The van der Waals surface area contributed by atoms with Crippen LogP contribution in [0.3, 0.4) is 0 Å². The van der Waals surface area contributed by atoms with Crippen LogP contribution in [-0.2, 0) is 9.53 Å². The van der Waals surface area contributed by atoms with E-state index in [1.54, 1.807) is 41.2 Å². The second-order valence-electron chi connectivity index (χ2n) is 8.58. The Morgan fingerprint density at radius 1 is 1.03 bits per heavy atom. The van der Waals surface area contributed by atoms with E-state index >= 15 is 0 Å². The van der Waals surface area contributed by atoms with Gasteiger partial charge in [0.25, 0.3) is 11.8 Å². The summed E-state index contributed by atoms with van der Waals surface area (Å²) in [5, 5.41) is 10.5. The van der Waals surface area contributed by atoms with Crippen LogP contribution in [0.5, 0.6) is 0 Å². The molecule has 2 aromatic carbocycles. The summed E-state index contributed by atoms with van der Waals surface area (Å²) in [4.78, 5) is 41.7. The fraction of sp³-hybridized carbons (Fsp3) is 0.222. The van der Waals surface area contributed by atoms with Gasteiger partial charge in [-0.05, 0) is 56.7 Å². The molecule has 0 saturated heterocycles. The molecule has 0 fully saturated rings. The highest BCUT2D eigenvalue weighted by atomic mass is 16.5. The molecule has 0 spiro atoms. The SMILES string of the molecule is COC(=O)CNC(=O)c1ccc(NC(=O)c2cc(-c3ccccc3C)nc3c2cnn3C(C)C)cc1. The van der Waals surface area contributed by atoms with E-state index in [1.165, 1.54) is 7.11 Å². The number of methoxy groups -OCH3 is 1. The molecule has 2 amide bonds. The van der Waals surface area contributed by atoms with Gasteiger partial charge in [0, 0.05) is 22.9 Å². The first-order valence-corrected chi connectivity index (χ1v) is 11.5. The summed E-state index contributed by atoms with van der Waals surface area (Å²) in [5.41, 5.74) is 4.62. The fourth-order valence-electron chi connectivity index (χ4n) is 3.81. The topological polar surface area (TPSA) is 115 Å². The van der Waals surface area contributed by atoms with Gasteiger partial charge in [0.1, 0.15) is 6.54 Å². The average molecular weight is 486 g/mol. The van der Waals surface area contributed by atoms with Gasteiger partial charge in [-0.15, -0.1) is 0 Å². The molecule has 0 bridgehead atoms. The molecular weight excluding hydrogens is 458 g/mol. The lowest BCUT2D eigenvalue weighted by atomic mass is 10.0. The van der Waals surface area contributed by atoms with Crippen molar-refractivity contribution in [2.75, 3.05) is 19.0 Å². The van der Waals surface area contributed by atoms with Crippen molar-refractivity contribution in [3.8, 4) is 11.3 Å². The highest BCUT2D eigenvalue weighted by Gasteiger charge is 2.19. The van der Waals surface area contributed by atoms with Gasteiger partial charge in [-0.3, -0.25) is 14.4 Å². The Balaban J connectivity index is 1.64. The number of nitrogens with zero attached hydrogens (tertiary/aromatic N) is 3. The van der Waals surface area contributed by atoms with Crippen molar-refractivity contribution in [1.29, 1.82) is 0 Å². The Morgan fingerprint density at radius 2 is 1.75 bits per heavy atom. The lowest BCUT2D eigenvalue weighted by Gasteiger charge is -2.12. The Labute approximate surface area is 208 Å². The highest BCUT2D eigenvalue weighted by Crippen LogP contribution is 2.28. The van der Waals surface area contributed by atoms with Crippen molar-refractivity contribution in [3.63, 3.8) is 0 Å². The number of hydrogen-bond acceptors (Lipinski definition) is 6. The lowest BCUT2D eigenvalue weighted by Crippen LogP contribution is -2.30. The second kappa shape index (κ2) is 10.4. The maximum Gasteiger partial charge on any atom is 0.325 e. The van der Waals surface area contributed by atoms with Crippen molar-refractivity contribution in [2.24, 2.45) is 0 Å². The summed E-state index contributed by atoms with van der Waals surface area (Å²) in [6, 6.07) is 16.1. The van der Waals surface area contributed by atoms with Crippen molar-refractivity contribution >= 4 is 34.5 Å². The van der Waals surface area contributed by atoms with E-state index in [0.29, 0.717) is 33.5 Å². The van der Waals surface area contributed by atoms with Gasteiger partial charge in [0.2, 0.25) is 0 Å². The number of anilines is 1. The standard InChI is InChI=1S/C27H27N5O4/c1-16(2)32-25-22(14-29-32)21(13-23(31-25)20-8-6-5-7-17(20)3)27(35)30-19-11-9-18(10-12-19)26(34)28-15-24(33)36-4/h5-14,16H,15H2,1-4H3,(H,28,34)(H,30,35). The van der Waals surface area contributed by atoms with Gasteiger partial charge in [-0.25, -0.2) is 9.67 Å². The van der Waals surface area contributed by atoms with E-state index in [2.05, 4.69) is 20.5 Å². The summed E-state index contributed by atoms with van der Waals surface area (Å²) in [7, 11) is 1.25. The molecule has 9 heteroatoms. The third kappa shape index (κ3) is 5.10. The predicted molar refractivity (Wildman–Crippen MR) is 137 cm³/mol. The molecule has 0 aliphatic carbocycles. The number of carbonyl (C=O) groups excluding carboxylic acids is 3. The van der Waals surface area contributed by atoms with E-state index in [0.717, 1.165) is 11.1 Å². The molecule has 0 aliphatic rings. The van der Waals surface area contributed by atoms with Crippen molar-refractivity contribution in [3.05, 3.63) is 77.5 Å². The number of pyridine rings is 1. The molecule has 0 unspecified atom stereocenters. The molecule has 0 atom stereocenters. The van der Waals surface area contributed by atoms with Gasteiger partial charge in [-0.2, -0.15) is 5.10 Å². The smallest absolute Gasteiger partial charge is 0.325 e. The third-order valence-electron chi connectivity index (χ3n) is 5.75. The maximum absolute atomic E-state index is 13.4. The second-order valence-corrected chi connectivity index (χ2v) is 8.58. The van der Waals surface area contributed by atoms with E-state index < -0.39 is 11.9 Å². The number of hydrogen-bond donors (Lipinski definition) is 2. The number of amides is 2. The number of ether oxygens (including phenoxy) is 1. The average Bonchev–Trinajstić information content (AvgIpc) is 3.31. The predicted octanol–water partition coefficient (Wildman–Crippen LogP) is 4.14. The van der Waals surface area contributed by atoms with Gasteiger partial charge < -0.3 is 15.4 Å². The maximum atomic E-state index is 13.4. The summed E-state index contributed by atoms with van der Waals surface area (Å²) >= 11 is 0. The molecule has 2 heterocycles. The Kier molecular flexibility index (Phi) is 7.10.